The summed E-state index contributed by atoms with van der Waals surface area (Å²) < 4.78 is 2.14. The maximum atomic E-state index is 5.91. The SMILES string of the molecule is CC(C)(C)CC(CN)CN1CCn2cnnc2C1. The van der Waals surface area contributed by atoms with Crippen molar-refractivity contribution in [2.75, 3.05) is 19.6 Å². The molecule has 2 rings (SSSR count). The highest BCUT2D eigenvalue weighted by atomic mass is 15.3. The Hall–Kier alpha value is -0.940. The van der Waals surface area contributed by atoms with E-state index in [1.807, 2.05) is 6.33 Å². The molecule has 1 unspecified atom stereocenters. The molecule has 1 aliphatic rings. The van der Waals surface area contributed by atoms with Crippen LogP contribution in [-0.2, 0) is 13.1 Å². The van der Waals surface area contributed by atoms with Gasteiger partial charge < -0.3 is 10.3 Å². The van der Waals surface area contributed by atoms with Crippen LogP contribution in [0.15, 0.2) is 6.33 Å². The highest BCUT2D eigenvalue weighted by Crippen LogP contribution is 2.25. The minimum absolute atomic E-state index is 0.347. The van der Waals surface area contributed by atoms with Gasteiger partial charge >= 0.3 is 0 Å². The molecule has 0 aliphatic carbocycles. The van der Waals surface area contributed by atoms with Crippen molar-refractivity contribution >= 4 is 0 Å². The number of nitrogens with two attached hydrogens (primary N) is 1. The van der Waals surface area contributed by atoms with Crippen LogP contribution in [0.4, 0.5) is 0 Å². The van der Waals surface area contributed by atoms with Crippen LogP contribution in [0.3, 0.4) is 0 Å². The first-order valence-corrected chi connectivity index (χ1v) is 6.77. The van der Waals surface area contributed by atoms with E-state index in [9.17, 15) is 0 Å². The normalized spacial score (nSPS) is 18.7. The van der Waals surface area contributed by atoms with Gasteiger partial charge in [0.05, 0.1) is 6.54 Å². The lowest BCUT2D eigenvalue weighted by Crippen LogP contribution is -2.39. The molecule has 5 heteroatoms. The molecule has 2 heterocycles. The van der Waals surface area contributed by atoms with E-state index in [-0.39, 0.29) is 0 Å². The molecule has 5 nitrogen and oxygen atoms in total. The molecule has 0 aromatic carbocycles. The van der Waals surface area contributed by atoms with Gasteiger partial charge in [0.2, 0.25) is 0 Å². The van der Waals surface area contributed by atoms with E-state index in [4.69, 9.17) is 5.73 Å². The second kappa shape index (κ2) is 5.36. The molecule has 0 bridgehead atoms. The Morgan fingerprint density at radius 1 is 1.39 bits per heavy atom. The molecule has 0 saturated carbocycles. The van der Waals surface area contributed by atoms with Crippen molar-refractivity contribution in [3.63, 3.8) is 0 Å². The smallest absolute Gasteiger partial charge is 0.147 e. The van der Waals surface area contributed by atoms with E-state index < -0.39 is 0 Å². The van der Waals surface area contributed by atoms with Crippen molar-refractivity contribution in [1.29, 1.82) is 0 Å². The fraction of sp³-hybridized carbons (Fsp3) is 0.846. The van der Waals surface area contributed by atoms with Crippen molar-refractivity contribution in [2.24, 2.45) is 17.1 Å². The van der Waals surface area contributed by atoms with E-state index in [1.54, 1.807) is 0 Å². The average molecular weight is 251 g/mol. The van der Waals surface area contributed by atoms with Crippen LogP contribution in [0.2, 0.25) is 0 Å². The molecule has 0 amide bonds. The minimum atomic E-state index is 0.347. The molecular formula is C13H25N5. The molecular weight excluding hydrogens is 226 g/mol. The van der Waals surface area contributed by atoms with Crippen molar-refractivity contribution in [3.8, 4) is 0 Å². The predicted molar refractivity (Wildman–Crippen MR) is 71.9 cm³/mol. The molecule has 1 aromatic rings. The third-order valence-corrected chi connectivity index (χ3v) is 3.47. The average Bonchev–Trinajstić information content (AvgIpc) is 2.73. The molecule has 0 fully saturated rings. The molecule has 18 heavy (non-hydrogen) atoms. The molecule has 0 radical (unpaired) electrons. The van der Waals surface area contributed by atoms with Gasteiger partial charge in [0.1, 0.15) is 12.2 Å². The molecule has 102 valence electrons. The summed E-state index contributed by atoms with van der Waals surface area (Å²) in [6.07, 6.45) is 2.99. The summed E-state index contributed by atoms with van der Waals surface area (Å²) in [6, 6.07) is 0. The van der Waals surface area contributed by atoms with Crippen molar-refractivity contribution in [1.82, 2.24) is 19.7 Å². The van der Waals surface area contributed by atoms with Crippen LogP contribution < -0.4 is 5.73 Å². The van der Waals surface area contributed by atoms with Crippen LogP contribution in [0.25, 0.3) is 0 Å². The molecule has 1 aliphatic heterocycles. The van der Waals surface area contributed by atoms with Gasteiger partial charge in [0, 0.05) is 19.6 Å². The quantitative estimate of drug-likeness (QED) is 0.870. The number of aromatic nitrogens is 3. The van der Waals surface area contributed by atoms with Gasteiger partial charge in [-0.2, -0.15) is 0 Å². The lowest BCUT2D eigenvalue weighted by molar-refractivity contribution is 0.162. The Morgan fingerprint density at radius 3 is 2.83 bits per heavy atom. The van der Waals surface area contributed by atoms with Gasteiger partial charge in [0.25, 0.3) is 0 Å². The monoisotopic (exact) mass is 251 g/mol. The fourth-order valence-electron chi connectivity index (χ4n) is 2.73. The fourth-order valence-corrected chi connectivity index (χ4v) is 2.73. The van der Waals surface area contributed by atoms with Gasteiger partial charge in [-0.05, 0) is 24.3 Å². The van der Waals surface area contributed by atoms with Crippen LogP contribution in [-0.4, -0.2) is 39.3 Å². The Bertz CT molecular complexity index is 379. The van der Waals surface area contributed by atoms with E-state index in [2.05, 4.69) is 40.4 Å². The van der Waals surface area contributed by atoms with Gasteiger partial charge in [-0.15, -0.1) is 10.2 Å². The lowest BCUT2D eigenvalue weighted by Gasteiger charge is -2.32. The lowest BCUT2D eigenvalue weighted by atomic mass is 9.84. The molecule has 0 spiro atoms. The van der Waals surface area contributed by atoms with Crippen molar-refractivity contribution in [2.45, 2.75) is 40.3 Å². The van der Waals surface area contributed by atoms with Gasteiger partial charge in [-0.25, -0.2) is 0 Å². The Balaban J connectivity index is 1.90. The molecule has 2 N–H and O–H groups in total. The topological polar surface area (TPSA) is 60.0 Å². The highest BCUT2D eigenvalue weighted by molar-refractivity contribution is 4.90. The minimum Gasteiger partial charge on any atom is -0.330 e. The zero-order valence-electron chi connectivity index (χ0n) is 11.8. The number of hydrogen-bond donors (Lipinski definition) is 1. The number of fused-ring (bicyclic) bond motifs is 1. The molecule has 0 saturated heterocycles. The second-order valence-corrected chi connectivity index (χ2v) is 6.54. The summed E-state index contributed by atoms with van der Waals surface area (Å²) in [5, 5.41) is 8.11. The molecule has 1 atom stereocenters. The highest BCUT2D eigenvalue weighted by Gasteiger charge is 2.23. The maximum absolute atomic E-state index is 5.91. The zero-order valence-corrected chi connectivity index (χ0v) is 11.8. The zero-order chi connectivity index (χ0) is 13.2. The standard InChI is InChI=1S/C13H25N5/c1-13(2,3)6-11(7-14)8-17-4-5-18-10-15-16-12(18)9-17/h10-11H,4-9,14H2,1-3H3. The first-order valence-electron chi connectivity index (χ1n) is 6.77. The van der Waals surface area contributed by atoms with E-state index >= 15 is 0 Å². The van der Waals surface area contributed by atoms with E-state index in [1.165, 1.54) is 6.42 Å². The Labute approximate surface area is 109 Å². The molecule has 1 aromatic heterocycles. The summed E-state index contributed by atoms with van der Waals surface area (Å²) in [6.45, 7) is 11.6. The number of rotatable bonds is 4. The predicted octanol–water partition coefficient (Wildman–Crippen LogP) is 1.10. The number of nitrogens with zero attached hydrogens (tertiary/aromatic N) is 4. The second-order valence-electron chi connectivity index (χ2n) is 6.54. The van der Waals surface area contributed by atoms with E-state index in [0.29, 0.717) is 11.3 Å². The first kappa shape index (κ1) is 13.5. The van der Waals surface area contributed by atoms with E-state index in [0.717, 1.165) is 38.5 Å². The number of hydrogen-bond acceptors (Lipinski definition) is 4. The van der Waals surface area contributed by atoms with Crippen LogP contribution in [0.5, 0.6) is 0 Å². The van der Waals surface area contributed by atoms with Crippen molar-refractivity contribution in [3.05, 3.63) is 12.2 Å². The summed E-state index contributed by atoms with van der Waals surface area (Å²) in [5.74, 6) is 1.65. The van der Waals surface area contributed by atoms with Gasteiger partial charge in [-0.1, -0.05) is 20.8 Å². The van der Waals surface area contributed by atoms with Crippen LogP contribution >= 0.6 is 0 Å². The maximum Gasteiger partial charge on any atom is 0.147 e. The summed E-state index contributed by atoms with van der Waals surface area (Å²) in [5.41, 5.74) is 6.26. The van der Waals surface area contributed by atoms with Crippen LogP contribution in [0.1, 0.15) is 33.0 Å². The van der Waals surface area contributed by atoms with Crippen molar-refractivity contribution < 1.29 is 0 Å². The summed E-state index contributed by atoms with van der Waals surface area (Å²) in [4.78, 5) is 2.45. The Kier molecular flexibility index (Phi) is 4.02. The largest absolute Gasteiger partial charge is 0.330 e. The van der Waals surface area contributed by atoms with Crippen LogP contribution in [0, 0.1) is 11.3 Å². The van der Waals surface area contributed by atoms with Gasteiger partial charge in [0.15, 0.2) is 0 Å². The third kappa shape index (κ3) is 3.53. The Morgan fingerprint density at radius 2 is 2.17 bits per heavy atom. The third-order valence-electron chi connectivity index (χ3n) is 3.47. The summed E-state index contributed by atoms with van der Waals surface area (Å²) in [7, 11) is 0. The van der Waals surface area contributed by atoms with Gasteiger partial charge in [-0.3, -0.25) is 4.90 Å². The first-order chi connectivity index (χ1) is 8.48. The summed E-state index contributed by atoms with van der Waals surface area (Å²) >= 11 is 0.